The fraction of sp³-hybridized carbons (Fsp3) is 0.538. The van der Waals surface area contributed by atoms with Gasteiger partial charge in [-0.25, -0.2) is 0 Å². The number of nitrogens with zero attached hydrogens (tertiary/aromatic N) is 1. The van der Waals surface area contributed by atoms with Crippen LogP contribution in [0.5, 0.6) is 0 Å². The lowest BCUT2D eigenvalue weighted by Gasteiger charge is -2.36. The number of aryl methyl sites for hydroxylation is 1. The molecule has 1 aliphatic rings. The maximum Gasteiger partial charge on any atom is 0.408 e. The molecule has 2 rings (SSSR count). The number of piperazine rings is 1. The van der Waals surface area contributed by atoms with Gasteiger partial charge in [0.05, 0.1) is 0 Å². The molecule has 1 fully saturated rings. The highest BCUT2D eigenvalue weighted by Crippen LogP contribution is 2.38. The predicted molar refractivity (Wildman–Crippen MR) is 64.4 cm³/mol. The Kier molecular flexibility index (Phi) is 3.92. The SMILES string of the molecule is Cc1ccccc1[C@H](N1CCNCC1)C(F)(F)F. The van der Waals surface area contributed by atoms with E-state index in [1.807, 2.05) is 0 Å². The van der Waals surface area contributed by atoms with Gasteiger partial charge < -0.3 is 5.32 Å². The Morgan fingerprint density at radius 1 is 1.17 bits per heavy atom. The third-order valence-corrected chi connectivity index (χ3v) is 3.31. The molecule has 0 spiro atoms. The van der Waals surface area contributed by atoms with E-state index in [0.717, 1.165) is 0 Å². The van der Waals surface area contributed by atoms with E-state index >= 15 is 0 Å². The maximum absolute atomic E-state index is 13.3. The highest BCUT2D eigenvalue weighted by atomic mass is 19.4. The first-order valence-electron chi connectivity index (χ1n) is 6.07. The van der Waals surface area contributed by atoms with Gasteiger partial charge in [0.15, 0.2) is 0 Å². The van der Waals surface area contributed by atoms with Gasteiger partial charge in [0.2, 0.25) is 0 Å². The molecule has 5 heteroatoms. The molecule has 0 aliphatic carbocycles. The Balaban J connectivity index is 2.34. The second-order valence-corrected chi connectivity index (χ2v) is 4.59. The first-order valence-corrected chi connectivity index (χ1v) is 6.07. The van der Waals surface area contributed by atoms with Crippen molar-refractivity contribution in [3.63, 3.8) is 0 Å². The molecule has 18 heavy (non-hydrogen) atoms. The van der Waals surface area contributed by atoms with E-state index in [2.05, 4.69) is 5.32 Å². The van der Waals surface area contributed by atoms with Gasteiger partial charge in [-0.1, -0.05) is 24.3 Å². The molecule has 1 aromatic carbocycles. The van der Waals surface area contributed by atoms with Gasteiger partial charge in [-0.3, -0.25) is 4.90 Å². The summed E-state index contributed by atoms with van der Waals surface area (Å²) in [5.41, 5.74) is 1.06. The van der Waals surface area contributed by atoms with E-state index in [1.54, 1.807) is 31.2 Å². The number of hydrogen-bond donors (Lipinski definition) is 1. The third kappa shape index (κ3) is 2.84. The van der Waals surface area contributed by atoms with Crippen LogP contribution in [0.1, 0.15) is 17.2 Å². The molecular formula is C13H17F3N2. The molecule has 1 aromatic rings. The number of rotatable bonds is 2. The second-order valence-electron chi connectivity index (χ2n) is 4.59. The molecule has 100 valence electrons. The zero-order valence-corrected chi connectivity index (χ0v) is 10.3. The number of hydrogen-bond acceptors (Lipinski definition) is 2. The lowest BCUT2D eigenvalue weighted by atomic mass is 9.99. The van der Waals surface area contributed by atoms with Crippen molar-refractivity contribution >= 4 is 0 Å². The zero-order chi connectivity index (χ0) is 13.2. The van der Waals surface area contributed by atoms with Crippen molar-refractivity contribution in [3.05, 3.63) is 35.4 Å². The molecule has 0 unspecified atom stereocenters. The average molecular weight is 258 g/mol. The summed E-state index contributed by atoms with van der Waals surface area (Å²) in [6.07, 6.45) is -4.23. The molecule has 0 radical (unpaired) electrons. The highest BCUT2D eigenvalue weighted by Gasteiger charge is 2.45. The fourth-order valence-corrected chi connectivity index (χ4v) is 2.41. The summed E-state index contributed by atoms with van der Waals surface area (Å²) in [4.78, 5) is 1.51. The van der Waals surface area contributed by atoms with Crippen molar-refractivity contribution in [1.82, 2.24) is 10.2 Å². The molecule has 0 amide bonds. The van der Waals surface area contributed by atoms with Crippen molar-refractivity contribution in [1.29, 1.82) is 0 Å². The Labute approximate surface area is 105 Å². The van der Waals surface area contributed by atoms with Crippen LogP contribution in [0, 0.1) is 6.92 Å². The summed E-state index contributed by atoms with van der Waals surface area (Å²) >= 11 is 0. The zero-order valence-electron chi connectivity index (χ0n) is 10.3. The van der Waals surface area contributed by atoms with Gasteiger partial charge in [0.25, 0.3) is 0 Å². The molecule has 1 heterocycles. The van der Waals surface area contributed by atoms with Gasteiger partial charge in [-0.15, -0.1) is 0 Å². The lowest BCUT2D eigenvalue weighted by molar-refractivity contribution is -0.188. The van der Waals surface area contributed by atoms with Crippen LogP contribution in [-0.2, 0) is 0 Å². The predicted octanol–water partition coefficient (Wildman–Crippen LogP) is 2.50. The smallest absolute Gasteiger partial charge is 0.314 e. The van der Waals surface area contributed by atoms with E-state index in [9.17, 15) is 13.2 Å². The van der Waals surface area contributed by atoms with Crippen molar-refractivity contribution in [2.24, 2.45) is 0 Å². The van der Waals surface area contributed by atoms with Crippen LogP contribution in [0.15, 0.2) is 24.3 Å². The number of nitrogens with one attached hydrogen (secondary N) is 1. The van der Waals surface area contributed by atoms with Crippen LogP contribution in [-0.4, -0.2) is 37.3 Å². The largest absolute Gasteiger partial charge is 0.408 e. The van der Waals surface area contributed by atoms with Gasteiger partial charge in [-0.2, -0.15) is 13.2 Å². The van der Waals surface area contributed by atoms with Crippen LogP contribution in [0.4, 0.5) is 13.2 Å². The second kappa shape index (κ2) is 5.28. The molecule has 1 atom stereocenters. The van der Waals surface area contributed by atoms with Crippen molar-refractivity contribution in [3.8, 4) is 0 Å². The Bertz CT molecular complexity index is 397. The average Bonchev–Trinajstić information content (AvgIpc) is 2.32. The van der Waals surface area contributed by atoms with E-state index in [4.69, 9.17) is 0 Å². The monoisotopic (exact) mass is 258 g/mol. The molecule has 0 bridgehead atoms. The van der Waals surface area contributed by atoms with Gasteiger partial charge in [-0.05, 0) is 18.1 Å². The molecule has 2 nitrogen and oxygen atoms in total. The number of alkyl halides is 3. The fourth-order valence-electron chi connectivity index (χ4n) is 2.41. The Hall–Kier alpha value is -1.07. The Morgan fingerprint density at radius 2 is 1.78 bits per heavy atom. The van der Waals surface area contributed by atoms with Gasteiger partial charge >= 0.3 is 6.18 Å². The highest BCUT2D eigenvalue weighted by molar-refractivity contribution is 5.30. The van der Waals surface area contributed by atoms with Crippen LogP contribution in [0.3, 0.4) is 0 Å². The van der Waals surface area contributed by atoms with Gasteiger partial charge in [0.1, 0.15) is 6.04 Å². The van der Waals surface area contributed by atoms with Crippen LogP contribution >= 0.6 is 0 Å². The molecule has 0 saturated carbocycles. The topological polar surface area (TPSA) is 15.3 Å². The minimum absolute atomic E-state index is 0.368. The van der Waals surface area contributed by atoms with E-state index in [0.29, 0.717) is 37.3 Å². The summed E-state index contributed by atoms with van der Waals surface area (Å²) < 4.78 is 39.9. The Morgan fingerprint density at radius 3 is 2.33 bits per heavy atom. The summed E-state index contributed by atoms with van der Waals surface area (Å²) in [5, 5.41) is 3.08. The molecule has 1 aliphatic heterocycles. The quantitative estimate of drug-likeness (QED) is 0.876. The van der Waals surface area contributed by atoms with Crippen molar-refractivity contribution in [2.75, 3.05) is 26.2 Å². The van der Waals surface area contributed by atoms with Crippen molar-refractivity contribution < 1.29 is 13.2 Å². The summed E-state index contributed by atoms with van der Waals surface area (Å²) in [5.74, 6) is 0. The number of benzene rings is 1. The molecule has 1 N–H and O–H groups in total. The normalized spacial score (nSPS) is 19.8. The first kappa shape index (κ1) is 13.4. The maximum atomic E-state index is 13.3. The van der Waals surface area contributed by atoms with Crippen molar-refractivity contribution in [2.45, 2.75) is 19.1 Å². The summed E-state index contributed by atoms with van der Waals surface area (Å²) in [7, 11) is 0. The van der Waals surface area contributed by atoms with Gasteiger partial charge in [0, 0.05) is 26.2 Å². The molecule has 1 saturated heterocycles. The minimum Gasteiger partial charge on any atom is -0.314 e. The summed E-state index contributed by atoms with van der Waals surface area (Å²) in [6.45, 7) is 3.81. The van der Waals surface area contributed by atoms with Crippen LogP contribution in [0.25, 0.3) is 0 Å². The van der Waals surface area contributed by atoms with E-state index in [-0.39, 0.29) is 0 Å². The molecular weight excluding hydrogens is 241 g/mol. The van der Waals surface area contributed by atoms with Crippen LogP contribution in [0.2, 0.25) is 0 Å². The molecule has 0 aromatic heterocycles. The third-order valence-electron chi connectivity index (χ3n) is 3.31. The van der Waals surface area contributed by atoms with Crippen LogP contribution < -0.4 is 5.32 Å². The van der Waals surface area contributed by atoms with E-state index in [1.165, 1.54) is 4.90 Å². The lowest BCUT2D eigenvalue weighted by Crippen LogP contribution is -2.49. The van der Waals surface area contributed by atoms with E-state index < -0.39 is 12.2 Å². The number of halogens is 3. The minimum atomic E-state index is -4.23. The first-order chi connectivity index (χ1) is 8.50. The summed E-state index contributed by atoms with van der Waals surface area (Å²) in [6, 6.07) is 5.26. The standard InChI is InChI=1S/C13H17F3N2/c1-10-4-2-3-5-11(10)12(13(14,15)16)18-8-6-17-7-9-18/h2-5,12,17H,6-9H2,1H3/t12-/m0/s1.